The smallest absolute Gasteiger partial charge is 0.294 e. The number of aromatic nitrogens is 4. The Hall–Kier alpha value is -8.94. The molecule has 0 aliphatic carbocycles. The zero-order chi connectivity index (χ0) is 55.4. The van der Waals surface area contributed by atoms with E-state index >= 15 is 0 Å². The summed E-state index contributed by atoms with van der Waals surface area (Å²) >= 11 is 0.793. The first-order chi connectivity index (χ1) is 38.2. The Morgan fingerprint density at radius 2 is 0.912 bits per heavy atom. The molecule has 2 atom stereocenters. The third kappa shape index (κ3) is 6.55. The van der Waals surface area contributed by atoms with Crippen LogP contribution in [0.1, 0.15) is 44.2 Å². The highest BCUT2D eigenvalue weighted by molar-refractivity contribution is 7.94. The van der Waals surface area contributed by atoms with E-state index in [9.17, 15) is 58.1 Å². The van der Waals surface area contributed by atoms with E-state index in [1.165, 1.54) is 80.4 Å². The first kappa shape index (κ1) is 48.2. The number of carbonyl (C=O) groups excluding carboxylic acids is 2. The van der Waals surface area contributed by atoms with E-state index in [0.717, 1.165) is 28.9 Å². The molecule has 0 saturated heterocycles. The Labute approximate surface area is 449 Å². The van der Waals surface area contributed by atoms with Crippen LogP contribution >= 0.6 is 12.0 Å². The van der Waals surface area contributed by atoms with Crippen molar-refractivity contribution in [1.29, 1.82) is 0 Å². The van der Waals surface area contributed by atoms with Gasteiger partial charge in [-0.15, -0.1) is 4.33 Å². The highest BCUT2D eigenvalue weighted by atomic mass is 32.2. The van der Waals surface area contributed by atoms with Gasteiger partial charge < -0.3 is 10.6 Å². The number of hydrogen-bond donors (Lipinski definition) is 6. The van der Waals surface area contributed by atoms with Gasteiger partial charge in [-0.1, -0.05) is 17.2 Å². The second-order valence-corrected chi connectivity index (χ2v) is 24.2. The molecule has 6 N–H and O–H groups in total. The Bertz CT molecular complexity index is 5230. The van der Waals surface area contributed by atoms with Gasteiger partial charge in [-0.2, -0.15) is 25.3 Å². The molecule has 0 bridgehead atoms. The average Bonchev–Trinajstić information content (AvgIpc) is 4.34. The van der Waals surface area contributed by atoms with Crippen LogP contribution in [0.2, 0.25) is 0 Å². The third-order valence-electron chi connectivity index (χ3n) is 15.1. The number of hydrogen-bond acceptors (Lipinski definition) is 18. The summed E-state index contributed by atoms with van der Waals surface area (Å²) in [5, 5.41) is 22.7. The van der Waals surface area contributed by atoms with E-state index in [2.05, 4.69) is 30.0 Å². The van der Waals surface area contributed by atoms with Gasteiger partial charge in [0.1, 0.15) is 23.6 Å². The summed E-state index contributed by atoms with van der Waals surface area (Å²) in [6.45, 7) is 0. The van der Waals surface area contributed by atoms with Crippen LogP contribution in [-0.2, 0) is 39.7 Å². The number of fused-ring (bicyclic) bond motifs is 16. The molecule has 24 nitrogen and oxygen atoms in total. The molecule has 0 radical (unpaired) electrons. The molecule has 0 spiro atoms. The molecule has 2 unspecified atom stereocenters. The molecule has 16 rings (SSSR count). The molecule has 8 aromatic carbocycles. The van der Waals surface area contributed by atoms with Crippen LogP contribution in [0.3, 0.4) is 0 Å². The predicted octanol–water partition coefficient (Wildman–Crippen LogP) is 7.52. The van der Waals surface area contributed by atoms with Crippen molar-refractivity contribution in [3.8, 4) is 0 Å². The van der Waals surface area contributed by atoms with E-state index in [0.29, 0.717) is 76.4 Å². The quantitative estimate of drug-likeness (QED) is 0.0308. The fraction of sp³-hybridized carbons (Fsp3) is 0.0385. The monoisotopic (exact) mass is 1150 g/mol. The summed E-state index contributed by atoms with van der Waals surface area (Å²) in [6, 6.07) is 30.5. The lowest BCUT2D eigenvalue weighted by molar-refractivity contribution is -0.432. The third-order valence-corrected chi connectivity index (χ3v) is 18.2. The lowest BCUT2D eigenvalue weighted by Gasteiger charge is -2.36. The van der Waals surface area contributed by atoms with Crippen molar-refractivity contribution in [3.05, 3.63) is 164 Å². The number of imidazole rings is 2. The zero-order valence-corrected chi connectivity index (χ0v) is 43.0. The Kier molecular flexibility index (Phi) is 9.70. The number of pyridine rings is 2. The summed E-state index contributed by atoms with van der Waals surface area (Å²) in [5.41, 5.74) is 5.21. The topological polar surface area (TPSA) is 335 Å². The summed E-state index contributed by atoms with van der Waals surface area (Å²) < 4.78 is 106. The maximum Gasteiger partial charge on any atom is 0.294 e. The molecule has 396 valence electrons. The summed E-state index contributed by atoms with van der Waals surface area (Å²) in [6.07, 6.45) is -1.15. The van der Waals surface area contributed by atoms with Crippen LogP contribution in [0.25, 0.3) is 76.5 Å². The molecule has 4 aliphatic heterocycles. The molecule has 4 aromatic heterocycles. The normalized spacial score (nSPS) is 16.5. The standard InChI is InChI=1S/C26H16N4O8S2.C26H12N4O8S2/c31-25-15-5-4-14-22-16(26(32)30-20-10-12(40(34,35)36)2-8-18(20)28-24(14)30)6-3-13(21(15)22)23-27-17-7-1-11(39-38-37-33)9-19(17)29(23)25;31-25-15-5-6-16-22-14(24-28-18-8-2-12(40(36,37)38)10-20(18)30(24)26(16)32)4-3-13(21(15)22)23-27-17-7-1-11(39(33,34)35)9-19(17)29(23)25/h1-10,23-24,27-28,33H,(H,34,35,36);1-10H,(H,33,34,35)(H,36,37,38). The summed E-state index contributed by atoms with van der Waals surface area (Å²) in [4.78, 5) is 67.1. The molecule has 28 heteroatoms. The highest BCUT2D eigenvalue weighted by Crippen LogP contribution is 2.53. The molecular formula is C52H28N8O16S4. The number of amides is 2. The van der Waals surface area contributed by atoms with E-state index in [-0.39, 0.29) is 59.6 Å². The second-order valence-electron chi connectivity index (χ2n) is 19.1. The highest BCUT2D eigenvalue weighted by Gasteiger charge is 2.46. The van der Waals surface area contributed by atoms with Crippen molar-refractivity contribution in [1.82, 2.24) is 18.8 Å². The van der Waals surface area contributed by atoms with Crippen molar-refractivity contribution < 1.29 is 63.1 Å². The maximum atomic E-state index is 13.9. The van der Waals surface area contributed by atoms with Crippen LogP contribution in [0.5, 0.6) is 0 Å². The van der Waals surface area contributed by atoms with Crippen LogP contribution in [-0.4, -0.2) is 74.8 Å². The van der Waals surface area contributed by atoms with Gasteiger partial charge in [-0.3, -0.25) is 51.4 Å². The van der Waals surface area contributed by atoms with Gasteiger partial charge in [0.05, 0.1) is 71.5 Å². The number of rotatable bonds is 6. The Morgan fingerprint density at radius 3 is 1.38 bits per heavy atom. The van der Waals surface area contributed by atoms with Crippen LogP contribution in [0, 0.1) is 0 Å². The summed E-state index contributed by atoms with van der Waals surface area (Å²) in [7, 11) is -13.5. The van der Waals surface area contributed by atoms with Gasteiger partial charge in [0, 0.05) is 70.2 Å². The van der Waals surface area contributed by atoms with Crippen LogP contribution < -0.4 is 31.6 Å². The van der Waals surface area contributed by atoms with Crippen LogP contribution in [0.4, 0.5) is 22.7 Å². The first-order valence-electron chi connectivity index (χ1n) is 23.6. The van der Waals surface area contributed by atoms with Gasteiger partial charge in [0.25, 0.3) is 53.3 Å². The van der Waals surface area contributed by atoms with Crippen molar-refractivity contribution in [2.24, 2.45) is 0 Å². The van der Waals surface area contributed by atoms with Crippen LogP contribution in [0.15, 0.2) is 150 Å². The number of nitrogens with one attached hydrogen (secondary N) is 2. The van der Waals surface area contributed by atoms with Gasteiger partial charge in [-0.05, 0) is 109 Å². The predicted molar refractivity (Wildman–Crippen MR) is 290 cm³/mol. The summed E-state index contributed by atoms with van der Waals surface area (Å²) in [5.74, 6) is -0.602. The zero-order valence-electron chi connectivity index (χ0n) is 39.7. The maximum absolute atomic E-state index is 13.9. The fourth-order valence-electron chi connectivity index (χ4n) is 11.8. The minimum absolute atomic E-state index is 0.196. The molecule has 12 aromatic rings. The molecule has 0 saturated carbocycles. The molecule has 4 aliphatic rings. The molecule has 8 heterocycles. The van der Waals surface area contributed by atoms with Crippen molar-refractivity contribution in [3.63, 3.8) is 0 Å². The van der Waals surface area contributed by atoms with Gasteiger partial charge in [0.15, 0.2) is 0 Å². The lowest BCUT2D eigenvalue weighted by Crippen LogP contribution is -2.41. The van der Waals surface area contributed by atoms with Gasteiger partial charge >= 0.3 is 0 Å². The Balaban J connectivity index is 0.000000138. The molecule has 0 fully saturated rings. The molecule has 2 amide bonds. The minimum Gasteiger partial charge on any atom is -0.359 e. The molecular weight excluding hydrogens is 1120 g/mol. The fourth-order valence-corrected chi connectivity index (χ4v) is 13.7. The Morgan fingerprint density at radius 1 is 0.487 bits per heavy atom. The number of carbonyl (C=O) groups is 2. The number of benzene rings is 8. The number of nitrogens with zero attached hydrogens (tertiary/aromatic N) is 6. The number of anilines is 4. The molecule has 80 heavy (non-hydrogen) atoms. The average molecular weight is 1150 g/mol. The van der Waals surface area contributed by atoms with Crippen molar-refractivity contribution >= 4 is 153 Å². The van der Waals surface area contributed by atoms with Crippen molar-refractivity contribution in [2.75, 3.05) is 20.4 Å². The van der Waals surface area contributed by atoms with E-state index in [4.69, 9.17) is 5.26 Å². The second kappa shape index (κ2) is 16.1. The lowest BCUT2D eigenvalue weighted by atomic mass is 9.84. The van der Waals surface area contributed by atoms with E-state index in [1.807, 2.05) is 6.07 Å². The van der Waals surface area contributed by atoms with Gasteiger partial charge in [-0.25, -0.2) is 15.2 Å². The SMILES string of the molecule is O=C1c2ccc3c4c(ccc(c24)C2Nc4ccc(SOOO)cc4N12)C(=O)N1c2cc(S(=O)(=O)O)ccc2NC31.O=c1c2ccc3c(=O)n4c5cc(S(=O)(=O)O)ccc5nc4c4ccc(c2c34)c2nc3ccc(S(=O)(=O)O)cc3n12. The van der Waals surface area contributed by atoms with Gasteiger partial charge in [0.2, 0.25) is 0 Å². The first-order valence-corrected chi connectivity index (χ1v) is 28.7. The van der Waals surface area contributed by atoms with Crippen molar-refractivity contribution in [2.45, 2.75) is 31.9 Å². The largest absolute Gasteiger partial charge is 0.359 e. The van der Waals surface area contributed by atoms with E-state index < -0.39 is 53.8 Å². The van der Waals surface area contributed by atoms with E-state index in [1.54, 1.807) is 53.4 Å². The minimum atomic E-state index is -4.53.